The molecule has 1 amide bonds. The number of anilines is 2. The Labute approximate surface area is 118 Å². The van der Waals surface area contributed by atoms with Crippen molar-refractivity contribution in [2.45, 2.75) is 6.92 Å². The van der Waals surface area contributed by atoms with Crippen LogP contribution in [0.2, 0.25) is 0 Å². The first-order valence-electron chi connectivity index (χ1n) is 6.60. The summed E-state index contributed by atoms with van der Waals surface area (Å²) >= 11 is 0. The van der Waals surface area contributed by atoms with Crippen molar-refractivity contribution in [1.82, 2.24) is 0 Å². The van der Waals surface area contributed by atoms with Gasteiger partial charge in [-0.1, -0.05) is 48.5 Å². The van der Waals surface area contributed by atoms with Gasteiger partial charge < -0.3 is 0 Å². The Balaban J connectivity index is 2.13. The van der Waals surface area contributed by atoms with Crippen LogP contribution in [0.5, 0.6) is 0 Å². The number of hydrogen-bond donors (Lipinski definition) is 0. The van der Waals surface area contributed by atoms with Crippen LogP contribution < -0.4 is 4.90 Å². The lowest BCUT2D eigenvalue weighted by atomic mass is 10.1. The minimum atomic E-state index is 0.00600. The smallest absolute Gasteiger partial charge is 0.228 e. The van der Waals surface area contributed by atoms with Crippen LogP contribution >= 0.6 is 0 Å². The largest absolute Gasteiger partial charge is 0.281 e. The van der Waals surface area contributed by atoms with E-state index in [4.69, 9.17) is 0 Å². The zero-order valence-corrected chi connectivity index (χ0v) is 11.3. The third-order valence-corrected chi connectivity index (χ3v) is 3.32. The van der Waals surface area contributed by atoms with E-state index in [1.165, 1.54) is 5.39 Å². The molecule has 0 N–H and O–H groups in total. The van der Waals surface area contributed by atoms with Gasteiger partial charge in [-0.25, -0.2) is 0 Å². The van der Waals surface area contributed by atoms with E-state index in [-0.39, 0.29) is 5.91 Å². The molecule has 0 radical (unpaired) electrons. The fourth-order valence-corrected chi connectivity index (χ4v) is 2.41. The molecule has 0 spiro atoms. The number of hydrogen-bond acceptors (Lipinski definition) is 1. The highest BCUT2D eigenvalue weighted by Gasteiger charge is 2.13. The Bertz CT molecular complexity index is 749. The topological polar surface area (TPSA) is 20.3 Å². The number of para-hydroxylation sites is 1. The monoisotopic (exact) mass is 261 g/mol. The van der Waals surface area contributed by atoms with Gasteiger partial charge >= 0.3 is 0 Å². The lowest BCUT2D eigenvalue weighted by Gasteiger charge is -2.21. The normalized spacial score (nSPS) is 10.4. The van der Waals surface area contributed by atoms with E-state index in [0.29, 0.717) is 0 Å². The summed E-state index contributed by atoms with van der Waals surface area (Å²) in [5.41, 5.74) is 1.78. The molecule has 3 aromatic carbocycles. The molecule has 0 saturated carbocycles. The summed E-state index contributed by atoms with van der Waals surface area (Å²) < 4.78 is 0. The molecule has 0 unspecified atom stereocenters. The summed E-state index contributed by atoms with van der Waals surface area (Å²) in [6.07, 6.45) is 0. The van der Waals surface area contributed by atoms with Crippen LogP contribution in [0.4, 0.5) is 11.4 Å². The highest BCUT2D eigenvalue weighted by atomic mass is 16.2. The minimum absolute atomic E-state index is 0.00600. The fraction of sp³-hybridized carbons (Fsp3) is 0.0556. The molecular weight excluding hydrogens is 246 g/mol. The summed E-state index contributed by atoms with van der Waals surface area (Å²) in [6, 6.07) is 23.9. The molecule has 3 aromatic rings. The summed E-state index contributed by atoms with van der Waals surface area (Å²) in [6.45, 7) is 1.59. The van der Waals surface area contributed by atoms with E-state index in [9.17, 15) is 4.79 Å². The van der Waals surface area contributed by atoms with Gasteiger partial charge in [0.15, 0.2) is 0 Å². The molecule has 0 aliphatic carbocycles. The molecule has 0 bridgehead atoms. The molecule has 0 aliphatic rings. The quantitative estimate of drug-likeness (QED) is 0.664. The summed E-state index contributed by atoms with van der Waals surface area (Å²) in [7, 11) is 0. The fourth-order valence-electron chi connectivity index (χ4n) is 2.41. The SMILES string of the molecule is CC(=O)N(c1ccccc1)c1ccc2ccccc2c1. The van der Waals surface area contributed by atoms with Gasteiger partial charge in [-0.15, -0.1) is 0 Å². The molecule has 3 rings (SSSR count). The van der Waals surface area contributed by atoms with Crippen LogP contribution in [-0.2, 0) is 4.79 Å². The maximum atomic E-state index is 12.0. The maximum Gasteiger partial charge on any atom is 0.228 e. The van der Waals surface area contributed by atoms with Gasteiger partial charge in [0.2, 0.25) is 5.91 Å². The lowest BCUT2D eigenvalue weighted by Crippen LogP contribution is -2.22. The second kappa shape index (κ2) is 5.17. The van der Waals surface area contributed by atoms with Gasteiger partial charge in [0.25, 0.3) is 0 Å². The summed E-state index contributed by atoms with van der Waals surface area (Å²) in [5.74, 6) is 0.00600. The first-order valence-corrected chi connectivity index (χ1v) is 6.60. The molecule has 2 nitrogen and oxygen atoms in total. The molecule has 2 heteroatoms. The average Bonchev–Trinajstić information content (AvgIpc) is 2.48. The van der Waals surface area contributed by atoms with Crippen molar-refractivity contribution in [3.05, 3.63) is 72.8 Å². The van der Waals surface area contributed by atoms with Gasteiger partial charge in [-0.05, 0) is 35.0 Å². The predicted molar refractivity (Wildman–Crippen MR) is 83.2 cm³/mol. The number of benzene rings is 3. The highest BCUT2D eigenvalue weighted by molar-refractivity contribution is 6.01. The lowest BCUT2D eigenvalue weighted by molar-refractivity contribution is -0.115. The predicted octanol–water partition coefficient (Wildman–Crippen LogP) is 4.52. The number of rotatable bonds is 2. The second-order valence-electron chi connectivity index (χ2n) is 4.72. The molecule has 98 valence electrons. The number of fused-ring (bicyclic) bond motifs is 1. The van der Waals surface area contributed by atoms with Crippen molar-refractivity contribution in [2.24, 2.45) is 0 Å². The maximum absolute atomic E-state index is 12.0. The molecule has 20 heavy (non-hydrogen) atoms. The van der Waals surface area contributed by atoms with Crippen molar-refractivity contribution in [3.8, 4) is 0 Å². The third kappa shape index (κ3) is 2.28. The average molecular weight is 261 g/mol. The van der Waals surface area contributed by atoms with E-state index in [1.54, 1.807) is 11.8 Å². The molecule has 0 heterocycles. The molecule has 0 fully saturated rings. The second-order valence-corrected chi connectivity index (χ2v) is 4.72. The molecule has 0 aromatic heterocycles. The molecule has 0 atom stereocenters. The molecule has 0 aliphatic heterocycles. The van der Waals surface area contributed by atoms with E-state index in [2.05, 4.69) is 12.1 Å². The van der Waals surface area contributed by atoms with E-state index >= 15 is 0 Å². The first-order chi connectivity index (χ1) is 9.75. The van der Waals surface area contributed by atoms with Crippen LogP contribution in [0.25, 0.3) is 10.8 Å². The minimum Gasteiger partial charge on any atom is -0.281 e. The number of amides is 1. The Kier molecular flexibility index (Phi) is 3.21. The Morgan fingerprint density at radius 2 is 1.40 bits per heavy atom. The van der Waals surface area contributed by atoms with Crippen LogP contribution in [0.3, 0.4) is 0 Å². The van der Waals surface area contributed by atoms with E-state index in [0.717, 1.165) is 16.8 Å². The highest BCUT2D eigenvalue weighted by Crippen LogP contribution is 2.28. The van der Waals surface area contributed by atoms with Crippen molar-refractivity contribution < 1.29 is 4.79 Å². The van der Waals surface area contributed by atoms with Crippen molar-refractivity contribution in [3.63, 3.8) is 0 Å². The number of carbonyl (C=O) groups excluding carboxylic acids is 1. The summed E-state index contributed by atoms with van der Waals surface area (Å²) in [5, 5.41) is 2.31. The number of carbonyl (C=O) groups is 1. The van der Waals surface area contributed by atoms with Crippen molar-refractivity contribution in [2.75, 3.05) is 4.90 Å². The molecule has 0 saturated heterocycles. The number of nitrogens with zero attached hydrogens (tertiary/aromatic N) is 1. The Morgan fingerprint density at radius 1 is 0.750 bits per heavy atom. The van der Waals surface area contributed by atoms with Crippen molar-refractivity contribution in [1.29, 1.82) is 0 Å². The van der Waals surface area contributed by atoms with Gasteiger partial charge in [0, 0.05) is 18.3 Å². The van der Waals surface area contributed by atoms with Crippen LogP contribution in [0.15, 0.2) is 72.8 Å². The summed E-state index contributed by atoms with van der Waals surface area (Å²) in [4.78, 5) is 13.7. The zero-order valence-electron chi connectivity index (χ0n) is 11.3. The standard InChI is InChI=1S/C18H15NO/c1-14(20)19(17-9-3-2-4-10-17)18-12-11-15-7-5-6-8-16(15)13-18/h2-13H,1H3. The van der Waals surface area contributed by atoms with Gasteiger partial charge in [0.1, 0.15) is 0 Å². The van der Waals surface area contributed by atoms with Crippen LogP contribution in [0.1, 0.15) is 6.92 Å². The van der Waals surface area contributed by atoms with Crippen LogP contribution in [0, 0.1) is 0 Å². The van der Waals surface area contributed by atoms with E-state index < -0.39 is 0 Å². The zero-order chi connectivity index (χ0) is 13.9. The molecular formula is C18H15NO. The Morgan fingerprint density at radius 3 is 2.10 bits per heavy atom. The van der Waals surface area contributed by atoms with E-state index in [1.807, 2.05) is 60.7 Å². The van der Waals surface area contributed by atoms with Gasteiger partial charge in [-0.2, -0.15) is 0 Å². The van der Waals surface area contributed by atoms with Gasteiger partial charge in [-0.3, -0.25) is 9.69 Å². The van der Waals surface area contributed by atoms with Crippen LogP contribution in [-0.4, -0.2) is 5.91 Å². The first kappa shape index (κ1) is 12.4. The van der Waals surface area contributed by atoms with Gasteiger partial charge in [0.05, 0.1) is 0 Å². The Hall–Kier alpha value is -2.61. The third-order valence-electron chi connectivity index (χ3n) is 3.32. The van der Waals surface area contributed by atoms with Crippen molar-refractivity contribution >= 4 is 28.1 Å².